The molecule has 1 unspecified atom stereocenters. The van der Waals surface area contributed by atoms with Gasteiger partial charge >= 0.3 is 6.18 Å². The predicted octanol–water partition coefficient (Wildman–Crippen LogP) is 2.37. The molecule has 0 heterocycles. The lowest BCUT2D eigenvalue weighted by Crippen LogP contribution is -2.26. The van der Waals surface area contributed by atoms with Crippen LogP contribution in [0.2, 0.25) is 0 Å². The highest BCUT2D eigenvalue weighted by molar-refractivity contribution is 5.29. The van der Waals surface area contributed by atoms with Gasteiger partial charge < -0.3 is 0 Å². The van der Waals surface area contributed by atoms with Gasteiger partial charge in [0.25, 0.3) is 0 Å². The molecule has 1 rings (SSSR count). The molecule has 0 saturated carbocycles. The van der Waals surface area contributed by atoms with E-state index in [4.69, 9.17) is 5.84 Å². The highest BCUT2D eigenvalue weighted by Gasteiger charge is 2.34. The first-order valence-corrected chi connectivity index (χ1v) is 4.19. The van der Waals surface area contributed by atoms with Crippen molar-refractivity contribution >= 4 is 0 Å². The second-order valence-electron chi connectivity index (χ2n) is 3.13. The molecule has 1 aromatic rings. The van der Waals surface area contributed by atoms with Crippen molar-refractivity contribution in [2.45, 2.75) is 19.1 Å². The standard InChI is InChI=1S/C9H10F4N2/c1-5(15-14)6-2-3-8(10)7(4-6)9(11,12)13/h2-5,15H,14H2,1H3. The summed E-state index contributed by atoms with van der Waals surface area (Å²) in [5, 5.41) is 0. The van der Waals surface area contributed by atoms with Gasteiger partial charge in [0.1, 0.15) is 5.82 Å². The van der Waals surface area contributed by atoms with Crippen molar-refractivity contribution < 1.29 is 17.6 Å². The summed E-state index contributed by atoms with van der Waals surface area (Å²) < 4.78 is 49.8. The number of hydrogen-bond donors (Lipinski definition) is 2. The minimum atomic E-state index is -4.69. The summed E-state index contributed by atoms with van der Waals surface area (Å²) in [6.07, 6.45) is -4.69. The molecule has 1 aromatic carbocycles. The molecule has 3 N–H and O–H groups in total. The average Bonchev–Trinajstić information content (AvgIpc) is 2.15. The van der Waals surface area contributed by atoms with Crippen molar-refractivity contribution in [3.05, 3.63) is 35.1 Å². The summed E-state index contributed by atoms with van der Waals surface area (Å²) in [5.74, 6) is 3.79. The van der Waals surface area contributed by atoms with Gasteiger partial charge in [-0.2, -0.15) is 13.2 Å². The topological polar surface area (TPSA) is 38.0 Å². The minimum Gasteiger partial charge on any atom is -0.271 e. The Morgan fingerprint density at radius 1 is 1.33 bits per heavy atom. The zero-order valence-electron chi connectivity index (χ0n) is 7.90. The van der Waals surface area contributed by atoms with Crippen LogP contribution in [-0.4, -0.2) is 0 Å². The number of rotatable bonds is 2. The van der Waals surface area contributed by atoms with Crippen molar-refractivity contribution in [3.63, 3.8) is 0 Å². The monoisotopic (exact) mass is 222 g/mol. The van der Waals surface area contributed by atoms with Crippen molar-refractivity contribution in [2.75, 3.05) is 0 Å². The molecular formula is C9H10F4N2. The number of hydrogen-bond acceptors (Lipinski definition) is 2. The maximum absolute atomic E-state index is 12.9. The van der Waals surface area contributed by atoms with Gasteiger partial charge in [-0.15, -0.1) is 0 Å². The molecule has 0 radical (unpaired) electrons. The van der Waals surface area contributed by atoms with E-state index in [1.54, 1.807) is 6.92 Å². The first kappa shape index (κ1) is 11.9. The minimum absolute atomic E-state index is 0.284. The Labute approximate surface area is 84.0 Å². The van der Waals surface area contributed by atoms with Gasteiger partial charge in [-0.1, -0.05) is 6.07 Å². The lowest BCUT2D eigenvalue weighted by molar-refractivity contribution is -0.140. The molecule has 84 valence electrons. The number of nitrogens with one attached hydrogen (secondary N) is 1. The zero-order valence-corrected chi connectivity index (χ0v) is 7.90. The average molecular weight is 222 g/mol. The van der Waals surface area contributed by atoms with E-state index in [1.807, 2.05) is 0 Å². The molecule has 0 aliphatic rings. The van der Waals surface area contributed by atoms with E-state index >= 15 is 0 Å². The zero-order chi connectivity index (χ0) is 11.6. The first-order valence-electron chi connectivity index (χ1n) is 4.19. The van der Waals surface area contributed by atoms with E-state index in [9.17, 15) is 17.6 Å². The summed E-state index contributed by atoms with van der Waals surface area (Å²) in [6.45, 7) is 1.58. The predicted molar refractivity (Wildman–Crippen MR) is 47.1 cm³/mol. The van der Waals surface area contributed by atoms with Crippen LogP contribution < -0.4 is 11.3 Å². The number of alkyl halides is 3. The van der Waals surface area contributed by atoms with Crippen LogP contribution in [-0.2, 0) is 6.18 Å². The summed E-state index contributed by atoms with van der Waals surface area (Å²) in [4.78, 5) is 0. The van der Waals surface area contributed by atoms with Crippen LogP contribution in [0.25, 0.3) is 0 Å². The van der Waals surface area contributed by atoms with Crippen LogP contribution in [0, 0.1) is 5.82 Å². The molecule has 6 heteroatoms. The highest BCUT2D eigenvalue weighted by atomic mass is 19.4. The number of halogens is 4. The normalized spacial score (nSPS) is 14.0. The van der Waals surface area contributed by atoms with E-state index in [0.717, 1.165) is 12.1 Å². The fourth-order valence-electron chi connectivity index (χ4n) is 1.13. The molecule has 0 saturated heterocycles. The molecule has 0 bridgehead atoms. The molecule has 15 heavy (non-hydrogen) atoms. The van der Waals surface area contributed by atoms with E-state index in [2.05, 4.69) is 5.43 Å². The molecule has 0 fully saturated rings. The smallest absolute Gasteiger partial charge is 0.271 e. The van der Waals surface area contributed by atoms with E-state index < -0.39 is 23.6 Å². The molecule has 2 nitrogen and oxygen atoms in total. The summed E-state index contributed by atoms with van der Waals surface area (Å²) in [5.41, 5.74) is 1.30. The van der Waals surface area contributed by atoms with Gasteiger partial charge in [0, 0.05) is 6.04 Å². The quantitative estimate of drug-likeness (QED) is 0.458. The molecule has 0 aromatic heterocycles. The van der Waals surface area contributed by atoms with Crippen LogP contribution in [0.3, 0.4) is 0 Å². The van der Waals surface area contributed by atoms with Gasteiger partial charge in [-0.3, -0.25) is 11.3 Å². The van der Waals surface area contributed by atoms with Crippen molar-refractivity contribution in [3.8, 4) is 0 Å². The van der Waals surface area contributed by atoms with Crippen molar-refractivity contribution in [1.29, 1.82) is 0 Å². The Kier molecular flexibility index (Phi) is 3.31. The molecular weight excluding hydrogens is 212 g/mol. The molecule has 0 aliphatic carbocycles. The third kappa shape index (κ3) is 2.66. The van der Waals surface area contributed by atoms with E-state index in [1.165, 1.54) is 6.07 Å². The third-order valence-electron chi connectivity index (χ3n) is 2.05. The number of benzene rings is 1. The van der Waals surface area contributed by atoms with Crippen LogP contribution in [0.5, 0.6) is 0 Å². The fourth-order valence-corrected chi connectivity index (χ4v) is 1.13. The van der Waals surface area contributed by atoms with Gasteiger partial charge in [0.05, 0.1) is 5.56 Å². The Morgan fingerprint density at radius 3 is 2.40 bits per heavy atom. The summed E-state index contributed by atoms with van der Waals surface area (Å²) in [7, 11) is 0. The fraction of sp³-hybridized carbons (Fsp3) is 0.333. The van der Waals surface area contributed by atoms with Crippen LogP contribution in [0.15, 0.2) is 18.2 Å². The van der Waals surface area contributed by atoms with E-state index in [0.29, 0.717) is 0 Å². The Bertz CT molecular complexity index is 348. The number of hydrazine groups is 1. The second kappa shape index (κ2) is 4.16. The first-order chi connectivity index (χ1) is 6.86. The molecule has 1 atom stereocenters. The SMILES string of the molecule is CC(NN)c1ccc(F)c(C(F)(F)F)c1. The van der Waals surface area contributed by atoms with Crippen LogP contribution in [0.1, 0.15) is 24.1 Å². The van der Waals surface area contributed by atoms with Crippen LogP contribution >= 0.6 is 0 Å². The maximum Gasteiger partial charge on any atom is 0.419 e. The Balaban J connectivity index is 3.17. The molecule has 0 aliphatic heterocycles. The van der Waals surface area contributed by atoms with Gasteiger partial charge in [0.2, 0.25) is 0 Å². The van der Waals surface area contributed by atoms with E-state index in [-0.39, 0.29) is 5.56 Å². The molecule has 0 spiro atoms. The van der Waals surface area contributed by atoms with Crippen molar-refractivity contribution in [2.24, 2.45) is 5.84 Å². The second-order valence-corrected chi connectivity index (χ2v) is 3.13. The largest absolute Gasteiger partial charge is 0.419 e. The lowest BCUT2D eigenvalue weighted by atomic mass is 10.0. The summed E-state index contributed by atoms with van der Waals surface area (Å²) in [6, 6.07) is 2.33. The Hall–Kier alpha value is -1.14. The number of nitrogens with two attached hydrogens (primary N) is 1. The Morgan fingerprint density at radius 2 is 1.93 bits per heavy atom. The third-order valence-corrected chi connectivity index (χ3v) is 2.05. The van der Waals surface area contributed by atoms with Gasteiger partial charge in [-0.05, 0) is 24.6 Å². The van der Waals surface area contributed by atoms with Gasteiger partial charge in [-0.25, -0.2) is 4.39 Å². The van der Waals surface area contributed by atoms with Crippen LogP contribution in [0.4, 0.5) is 17.6 Å². The maximum atomic E-state index is 12.9. The summed E-state index contributed by atoms with van der Waals surface area (Å²) >= 11 is 0. The van der Waals surface area contributed by atoms with Gasteiger partial charge in [0.15, 0.2) is 0 Å². The lowest BCUT2D eigenvalue weighted by Gasteiger charge is -2.14. The molecule has 0 amide bonds. The van der Waals surface area contributed by atoms with Crippen molar-refractivity contribution in [1.82, 2.24) is 5.43 Å². The highest BCUT2D eigenvalue weighted by Crippen LogP contribution is 2.32.